The Morgan fingerprint density at radius 1 is 1.17 bits per heavy atom. The quantitative estimate of drug-likeness (QED) is 0.814. The van der Waals surface area contributed by atoms with Crippen molar-refractivity contribution in [2.75, 3.05) is 32.9 Å². The van der Waals surface area contributed by atoms with Gasteiger partial charge in [-0.25, -0.2) is 0 Å². The van der Waals surface area contributed by atoms with Crippen LogP contribution in [0.1, 0.15) is 24.2 Å². The van der Waals surface area contributed by atoms with E-state index in [9.17, 15) is 0 Å². The van der Waals surface area contributed by atoms with Crippen molar-refractivity contribution in [3.05, 3.63) is 66.0 Å². The summed E-state index contributed by atoms with van der Waals surface area (Å²) in [4.78, 5) is 6.96. The highest BCUT2D eigenvalue weighted by molar-refractivity contribution is 5.51. The molecule has 1 atom stereocenters. The van der Waals surface area contributed by atoms with E-state index in [1.54, 1.807) is 0 Å². The van der Waals surface area contributed by atoms with Crippen LogP contribution in [0.15, 0.2) is 54.7 Å². The van der Waals surface area contributed by atoms with Gasteiger partial charge in [-0.3, -0.25) is 9.88 Å². The molecule has 1 aliphatic heterocycles. The van der Waals surface area contributed by atoms with E-state index in [2.05, 4.69) is 40.2 Å². The van der Waals surface area contributed by atoms with Crippen LogP contribution in [-0.4, -0.2) is 42.8 Å². The van der Waals surface area contributed by atoms with Gasteiger partial charge in [0.05, 0.1) is 31.6 Å². The van der Waals surface area contributed by atoms with Crippen LogP contribution in [0, 0.1) is 0 Å². The molecule has 126 valence electrons. The van der Waals surface area contributed by atoms with Crippen LogP contribution >= 0.6 is 0 Å². The molecule has 4 nitrogen and oxygen atoms in total. The molecule has 0 amide bonds. The number of morpholine rings is 1. The molecule has 0 bridgehead atoms. The van der Waals surface area contributed by atoms with Crippen LogP contribution < -0.4 is 4.74 Å². The van der Waals surface area contributed by atoms with Crippen molar-refractivity contribution in [1.82, 2.24) is 9.88 Å². The second-order valence-corrected chi connectivity index (χ2v) is 5.71. The van der Waals surface area contributed by atoms with Crippen LogP contribution in [0.25, 0.3) is 6.08 Å². The minimum atomic E-state index is 0.168. The fourth-order valence-electron chi connectivity index (χ4n) is 2.86. The third-order valence-electron chi connectivity index (χ3n) is 4.09. The second kappa shape index (κ2) is 8.62. The number of rotatable bonds is 6. The number of nitrogens with zero attached hydrogens (tertiary/aromatic N) is 2. The van der Waals surface area contributed by atoms with Crippen molar-refractivity contribution in [3.63, 3.8) is 0 Å². The Morgan fingerprint density at radius 2 is 1.96 bits per heavy atom. The largest absolute Gasteiger partial charge is 0.494 e. The Kier molecular flexibility index (Phi) is 5.99. The molecule has 1 unspecified atom stereocenters. The number of hydrogen-bond acceptors (Lipinski definition) is 4. The van der Waals surface area contributed by atoms with Gasteiger partial charge in [0.2, 0.25) is 0 Å². The Labute approximate surface area is 143 Å². The van der Waals surface area contributed by atoms with E-state index in [1.165, 1.54) is 0 Å². The van der Waals surface area contributed by atoms with Crippen molar-refractivity contribution >= 4 is 6.08 Å². The van der Waals surface area contributed by atoms with Crippen molar-refractivity contribution in [2.45, 2.75) is 13.0 Å². The summed E-state index contributed by atoms with van der Waals surface area (Å²) in [7, 11) is 0. The average Bonchev–Trinajstić information content (AvgIpc) is 2.65. The monoisotopic (exact) mass is 324 g/mol. The first-order valence-corrected chi connectivity index (χ1v) is 8.50. The normalized spacial score (nSPS) is 17.0. The number of ether oxygens (including phenoxy) is 2. The predicted octanol–water partition coefficient (Wildman–Crippen LogP) is 3.57. The zero-order valence-electron chi connectivity index (χ0n) is 14.1. The van der Waals surface area contributed by atoms with Crippen LogP contribution in [0.2, 0.25) is 0 Å². The number of pyridine rings is 1. The third kappa shape index (κ3) is 4.43. The van der Waals surface area contributed by atoms with Crippen LogP contribution in [0.5, 0.6) is 5.75 Å². The summed E-state index contributed by atoms with van der Waals surface area (Å²) in [6, 6.07) is 14.4. The van der Waals surface area contributed by atoms with E-state index >= 15 is 0 Å². The molecule has 4 heteroatoms. The van der Waals surface area contributed by atoms with Gasteiger partial charge in [-0.1, -0.05) is 30.4 Å². The highest BCUT2D eigenvalue weighted by Gasteiger charge is 2.21. The standard InChI is InChI=1S/C20H24N2O2/c1-2-24-18-9-6-17(7-10-18)8-11-20(19-5-3-4-12-21-19)22-13-15-23-16-14-22/h3-12,20H,2,13-16H2,1H3/b11-8+. The summed E-state index contributed by atoms with van der Waals surface area (Å²) in [5.74, 6) is 0.907. The highest BCUT2D eigenvalue weighted by atomic mass is 16.5. The molecule has 2 heterocycles. The predicted molar refractivity (Wildman–Crippen MR) is 96.0 cm³/mol. The fraction of sp³-hybridized carbons (Fsp3) is 0.350. The lowest BCUT2D eigenvalue weighted by atomic mass is 10.1. The second-order valence-electron chi connectivity index (χ2n) is 5.71. The van der Waals surface area contributed by atoms with E-state index in [1.807, 2.05) is 37.4 Å². The van der Waals surface area contributed by atoms with Crippen molar-refractivity contribution < 1.29 is 9.47 Å². The summed E-state index contributed by atoms with van der Waals surface area (Å²) < 4.78 is 11.0. The summed E-state index contributed by atoms with van der Waals surface area (Å²) >= 11 is 0. The molecule has 0 radical (unpaired) electrons. The maximum Gasteiger partial charge on any atom is 0.119 e. The van der Waals surface area contributed by atoms with Gasteiger partial charge < -0.3 is 9.47 Å². The van der Waals surface area contributed by atoms with E-state index in [0.717, 1.165) is 43.3 Å². The first-order valence-electron chi connectivity index (χ1n) is 8.50. The first kappa shape index (κ1) is 16.7. The minimum Gasteiger partial charge on any atom is -0.494 e. The number of aromatic nitrogens is 1. The number of benzene rings is 1. The maximum absolute atomic E-state index is 5.49. The molecule has 1 saturated heterocycles. The summed E-state index contributed by atoms with van der Waals surface area (Å²) in [6.07, 6.45) is 6.24. The molecular weight excluding hydrogens is 300 g/mol. The Morgan fingerprint density at radius 3 is 2.62 bits per heavy atom. The summed E-state index contributed by atoms with van der Waals surface area (Å²) in [6.45, 7) is 6.09. The zero-order chi connectivity index (χ0) is 16.6. The highest BCUT2D eigenvalue weighted by Crippen LogP contribution is 2.23. The van der Waals surface area contributed by atoms with Gasteiger partial charge in [0, 0.05) is 19.3 Å². The molecular formula is C20H24N2O2. The lowest BCUT2D eigenvalue weighted by molar-refractivity contribution is 0.0247. The van der Waals surface area contributed by atoms with Crippen LogP contribution in [-0.2, 0) is 4.74 Å². The molecule has 3 rings (SSSR count). The van der Waals surface area contributed by atoms with Gasteiger partial charge in [0.25, 0.3) is 0 Å². The lowest BCUT2D eigenvalue weighted by Gasteiger charge is -2.32. The third-order valence-corrected chi connectivity index (χ3v) is 4.09. The molecule has 0 N–H and O–H groups in total. The van der Waals surface area contributed by atoms with Gasteiger partial charge >= 0.3 is 0 Å². The van der Waals surface area contributed by atoms with Crippen molar-refractivity contribution in [1.29, 1.82) is 0 Å². The van der Waals surface area contributed by atoms with E-state index in [-0.39, 0.29) is 6.04 Å². The van der Waals surface area contributed by atoms with Crippen molar-refractivity contribution in [2.24, 2.45) is 0 Å². The van der Waals surface area contributed by atoms with E-state index in [0.29, 0.717) is 6.61 Å². The van der Waals surface area contributed by atoms with Gasteiger partial charge in [0.15, 0.2) is 0 Å². The summed E-state index contributed by atoms with van der Waals surface area (Å²) in [5.41, 5.74) is 2.23. The Hall–Kier alpha value is -2.17. The van der Waals surface area contributed by atoms with Crippen LogP contribution in [0.3, 0.4) is 0 Å². The van der Waals surface area contributed by atoms with Gasteiger partial charge in [-0.05, 0) is 36.8 Å². The number of hydrogen-bond donors (Lipinski definition) is 0. The first-order chi connectivity index (χ1) is 11.9. The molecule has 0 saturated carbocycles. The molecule has 1 aromatic heterocycles. The molecule has 2 aromatic rings. The topological polar surface area (TPSA) is 34.6 Å². The van der Waals surface area contributed by atoms with Gasteiger partial charge in [-0.2, -0.15) is 0 Å². The molecule has 1 aliphatic rings. The lowest BCUT2D eigenvalue weighted by Crippen LogP contribution is -2.38. The Bertz CT molecular complexity index is 634. The fourth-order valence-corrected chi connectivity index (χ4v) is 2.86. The average molecular weight is 324 g/mol. The molecule has 1 fully saturated rings. The molecule has 0 aliphatic carbocycles. The maximum atomic E-state index is 5.49. The van der Waals surface area contributed by atoms with E-state index in [4.69, 9.17) is 9.47 Å². The van der Waals surface area contributed by atoms with Crippen molar-refractivity contribution in [3.8, 4) is 5.75 Å². The van der Waals surface area contributed by atoms with Gasteiger partial charge in [0.1, 0.15) is 5.75 Å². The smallest absolute Gasteiger partial charge is 0.119 e. The van der Waals surface area contributed by atoms with Gasteiger partial charge in [-0.15, -0.1) is 0 Å². The molecule has 1 aromatic carbocycles. The van der Waals surface area contributed by atoms with Crippen LogP contribution in [0.4, 0.5) is 0 Å². The van der Waals surface area contributed by atoms with E-state index < -0.39 is 0 Å². The minimum absolute atomic E-state index is 0.168. The SMILES string of the molecule is CCOc1ccc(/C=C/C(c2ccccn2)N2CCOCC2)cc1. The molecule has 0 spiro atoms. The summed E-state index contributed by atoms with van der Waals surface area (Å²) in [5, 5.41) is 0. The molecule has 24 heavy (non-hydrogen) atoms. The zero-order valence-corrected chi connectivity index (χ0v) is 14.1. The Balaban J connectivity index is 1.77.